The second kappa shape index (κ2) is 8.55. The predicted molar refractivity (Wildman–Crippen MR) is 99.5 cm³/mol. The van der Waals surface area contributed by atoms with E-state index in [2.05, 4.69) is 38.2 Å². The Morgan fingerprint density at radius 2 is 1.58 bits per heavy atom. The highest BCUT2D eigenvalue weighted by Gasteiger charge is 2.20. The van der Waals surface area contributed by atoms with Crippen LogP contribution in [-0.4, -0.2) is 18.1 Å². The molecule has 0 saturated heterocycles. The maximum atomic E-state index is 12.4. The van der Waals surface area contributed by atoms with Crippen LogP contribution in [0.2, 0.25) is 0 Å². The Morgan fingerprint density at radius 3 is 2.12 bits per heavy atom. The summed E-state index contributed by atoms with van der Waals surface area (Å²) in [4.78, 5) is 12.4. The molecule has 1 atom stereocenters. The lowest BCUT2D eigenvalue weighted by atomic mass is 9.87. The van der Waals surface area contributed by atoms with Crippen molar-refractivity contribution in [2.24, 2.45) is 0 Å². The third-order valence-electron chi connectivity index (χ3n) is 4.85. The van der Waals surface area contributed by atoms with Crippen LogP contribution in [0, 0.1) is 0 Å². The van der Waals surface area contributed by atoms with Gasteiger partial charge in [0.15, 0.2) is 6.10 Å². The number of benzene rings is 1. The molecule has 0 aromatic heterocycles. The molecule has 1 aromatic carbocycles. The van der Waals surface area contributed by atoms with Crippen molar-refractivity contribution in [3.63, 3.8) is 0 Å². The van der Waals surface area contributed by atoms with E-state index in [-0.39, 0.29) is 11.3 Å². The SMILES string of the molecule is C[C@@H](Oc1ccc(C(C)(C)C)cc1)C(=O)NC1CCCCCCC1. The summed E-state index contributed by atoms with van der Waals surface area (Å²) in [6.07, 6.45) is 8.08. The van der Waals surface area contributed by atoms with Crippen LogP contribution in [0.5, 0.6) is 5.75 Å². The fourth-order valence-corrected chi connectivity index (χ4v) is 3.21. The third kappa shape index (κ3) is 5.85. The van der Waals surface area contributed by atoms with Crippen LogP contribution in [0.25, 0.3) is 0 Å². The van der Waals surface area contributed by atoms with Gasteiger partial charge in [0.2, 0.25) is 0 Å². The molecule has 0 radical (unpaired) electrons. The number of rotatable bonds is 4. The van der Waals surface area contributed by atoms with Gasteiger partial charge in [0.05, 0.1) is 0 Å². The smallest absolute Gasteiger partial charge is 0.260 e. The number of amides is 1. The molecule has 1 N–H and O–H groups in total. The Bertz CT molecular complexity index is 508. The maximum Gasteiger partial charge on any atom is 0.260 e. The second-order valence-corrected chi connectivity index (χ2v) is 8.09. The Hall–Kier alpha value is -1.51. The van der Waals surface area contributed by atoms with Crippen LogP contribution in [0.1, 0.15) is 78.2 Å². The molecule has 2 rings (SSSR count). The number of carbonyl (C=O) groups excluding carboxylic acids is 1. The normalized spacial score (nSPS) is 18.3. The molecule has 1 aliphatic carbocycles. The zero-order valence-electron chi connectivity index (χ0n) is 15.7. The van der Waals surface area contributed by atoms with Crippen molar-refractivity contribution in [1.29, 1.82) is 0 Å². The topological polar surface area (TPSA) is 38.3 Å². The highest BCUT2D eigenvalue weighted by atomic mass is 16.5. The Morgan fingerprint density at radius 1 is 1.04 bits per heavy atom. The average molecular weight is 332 g/mol. The third-order valence-corrected chi connectivity index (χ3v) is 4.85. The van der Waals surface area contributed by atoms with Crippen LogP contribution < -0.4 is 10.1 Å². The fraction of sp³-hybridized carbons (Fsp3) is 0.667. The summed E-state index contributed by atoms with van der Waals surface area (Å²) < 4.78 is 5.83. The van der Waals surface area contributed by atoms with Gasteiger partial charge in [-0.25, -0.2) is 0 Å². The quantitative estimate of drug-likeness (QED) is 0.845. The summed E-state index contributed by atoms with van der Waals surface area (Å²) >= 11 is 0. The molecule has 24 heavy (non-hydrogen) atoms. The minimum absolute atomic E-state index is 0.000436. The van der Waals surface area contributed by atoms with Gasteiger partial charge in [0.1, 0.15) is 5.75 Å². The first kappa shape index (κ1) is 18.8. The average Bonchev–Trinajstić information content (AvgIpc) is 2.49. The number of nitrogens with one attached hydrogen (secondary N) is 1. The lowest BCUT2D eigenvalue weighted by Gasteiger charge is -2.23. The van der Waals surface area contributed by atoms with E-state index in [1.54, 1.807) is 0 Å². The van der Waals surface area contributed by atoms with E-state index >= 15 is 0 Å². The second-order valence-electron chi connectivity index (χ2n) is 8.09. The number of hydrogen-bond acceptors (Lipinski definition) is 2. The number of hydrogen-bond donors (Lipinski definition) is 1. The highest BCUT2D eigenvalue weighted by molar-refractivity contribution is 5.81. The summed E-state index contributed by atoms with van der Waals surface area (Å²) in [5.41, 5.74) is 1.39. The Kier molecular flexibility index (Phi) is 6.70. The summed E-state index contributed by atoms with van der Waals surface area (Å²) in [5.74, 6) is 0.754. The van der Waals surface area contributed by atoms with Crippen molar-refractivity contribution >= 4 is 5.91 Å². The number of ether oxygens (including phenoxy) is 1. The van der Waals surface area contributed by atoms with E-state index in [1.807, 2.05) is 19.1 Å². The van der Waals surface area contributed by atoms with Gasteiger partial charge in [-0.1, -0.05) is 65.0 Å². The van der Waals surface area contributed by atoms with E-state index in [4.69, 9.17) is 4.74 Å². The minimum Gasteiger partial charge on any atom is -0.481 e. The standard InChI is InChI=1S/C21H33NO2/c1-16(20(23)22-18-10-8-6-5-7-9-11-18)24-19-14-12-17(13-15-19)21(2,3)4/h12-16,18H,5-11H2,1-4H3,(H,22,23)/t16-/m1/s1. The van der Waals surface area contributed by atoms with E-state index < -0.39 is 6.10 Å². The number of carbonyl (C=O) groups is 1. The van der Waals surface area contributed by atoms with Crippen LogP contribution in [0.3, 0.4) is 0 Å². The van der Waals surface area contributed by atoms with Gasteiger partial charge in [-0.3, -0.25) is 4.79 Å². The molecular formula is C21H33NO2. The van der Waals surface area contributed by atoms with Crippen LogP contribution in [-0.2, 0) is 10.2 Å². The van der Waals surface area contributed by atoms with Crippen molar-refractivity contribution in [3.8, 4) is 5.75 Å². The van der Waals surface area contributed by atoms with Crippen molar-refractivity contribution in [3.05, 3.63) is 29.8 Å². The zero-order valence-corrected chi connectivity index (χ0v) is 15.7. The Balaban J connectivity index is 1.86. The molecular weight excluding hydrogens is 298 g/mol. The van der Waals surface area contributed by atoms with Crippen LogP contribution in [0.4, 0.5) is 0 Å². The van der Waals surface area contributed by atoms with Gasteiger partial charge in [0.25, 0.3) is 5.91 Å². The monoisotopic (exact) mass is 331 g/mol. The first-order chi connectivity index (χ1) is 11.4. The Labute approximate surface area is 147 Å². The summed E-state index contributed by atoms with van der Waals surface area (Å²) in [5, 5.41) is 3.18. The van der Waals surface area contributed by atoms with Crippen molar-refractivity contribution in [1.82, 2.24) is 5.32 Å². The van der Waals surface area contributed by atoms with Gasteiger partial charge in [-0.2, -0.15) is 0 Å². The molecule has 134 valence electrons. The molecule has 0 bridgehead atoms. The van der Waals surface area contributed by atoms with Gasteiger partial charge >= 0.3 is 0 Å². The van der Waals surface area contributed by atoms with E-state index in [0.717, 1.165) is 18.6 Å². The molecule has 0 heterocycles. The zero-order chi connectivity index (χ0) is 17.6. The van der Waals surface area contributed by atoms with Crippen molar-refractivity contribution in [2.45, 2.75) is 90.2 Å². The predicted octanol–water partition coefficient (Wildman–Crippen LogP) is 4.98. The first-order valence-electron chi connectivity index (χ1n) is 9.44. The van der Waals surface area contributed by atoms with Crippen molar-refractivity contribution in [2.75, 3.05) is 0 Å². The van der Waals surface area contributed by atoms with Crippen LogP contribution >= 0.6 is 0 Å². The molecule has 1 aromatic rings. The van der Waals surface area contributed by atoms with Gasteiger partial charge in [0, 0.05) is 6.04 Å². The van der Waals surface area contributed by atoms with Gasteiger partial charge in [-0.15, -0.1) is 0 Å². The lowest BCUT2D eigenvalue weighted by Crippen LogP contribution is -2.42. The first-order valence-corrected chi connectivity index (χ1v) is 9.44. The van der Waals surface area contributed by atoms with Crippen LogP contribution in [0.15, 0.2) is 24.3 Å². The van der Waals surface area contributed by atoms with E-state index in [0.29, 0.717) is 6.04 Å². The molecule has 0 aliphatic heterocycles. The highest BCUT2D eigenvalue weighted by Crippen LogP contribution is 2.24. The molecule has 1 aliphatic rings. The lowest BCUT2D eigenvalue weighted by molar-refractivity contribution is -0.128. The van der Waals surface area contributed by atoms with E-state index in [9.17, 15) is 4.79 Å². The summed E-state index contributed by atoms with van der Waals surface area (Å²) in [7, 11) is 0. The van der Waals surface area contributed by atoms with Gasteiger partial charge in [-0.05, 0) is 42.9 Å². The minimum atomic E-state index is -0.462. The molecule has 3 heteroatoms. The fourth-order valence-electron chi connectivity index (χ4n) is 3.21. The largest absolute Gasteiger partial charge is 0.481 e. The molecule has 0 spiro atoms. The molecule has 1 fully saturated rings. The van der Waals surface area contributed by atoms with Crippen molar-refractivity contribution < 1.29 is 9.53 Å². The summed E-state index contributed by atoms with van der Waals surface area (Å²) in [6, 6.07) is 8.39. The molecule has 1 saturated carbocycles. The maximum absolute atomic E-state index is 12.4. The summed E-state index contributed by atoms with van der Waals surface area (Å²) in [6.45, 7) is 8.39. The molecule has 3 nitrogen and oxygen atoms in total. The molecule has 1 amide bonds. The van der Waals surface area contributed by atoms with Gasteiger partial charge < -0.3 is 10.1 Å². The van der Waals surface area contributed by atoms with E-state index in [1.165, 1.54) is 37.7 Å². The molecule has 0 unspecified atom stereocenters.